The van der Waals surface area contributed by atoms with Crippen LogP contribution in [0, 0.1) is 0 Å². The van der Waals surface area contributed by atoms with E-state index in [4.69, 9.17) is 9.84 Å². The molecular weight excluding hydrogens is 242 g/mol. The number of rotatable bonds is 4. The van der Waals surface area contributed by atoms with Crippen molar-refractivity contribution in [1.82, 2.24) is 4.90 Å². The number of nitrogens with zero attached hydrogens (tertiary/aromatic N) is 1. The van der Waals surface area contributed by atoms with Gasteiger partial charge in [0.15, 0.2) is 0 Å². The summed E-state index contributed by atoms with van der Waals surface area (Å²) in [5.41, 5.74) is 0.950. The lowest BCUT2D eigenvalue weighted by molar-refractivity contribution is -0.135. The van der Waals surface area contributed by atoms with Crippen molar-refractivity contribution < 1.29 is 14.6 Å². The molecule has 1 N–H and O–H groups in total. The molecule has 1 aromatic carbocycles. The van der Waals surface area contributed by atoms with Crippen LogP contribution in [-0.4, -0.2) is 41.2 Å². The number of amides is 1. The predicted molar refractivity (Wildman–Crippen MR) is 73.8 cm³/mol. The van der Waals surface area contributed by atoms with E-state index in [0.29, 0.717) is 13.1 Å². The molecule has 0 unspecified atom stereocenters. The molecule has 4 heteroatoms. The number of carbonyl (C=O) groups is 1. The highest BCUT2D eigenvalue weighted by Gasteiger charge is 2.26. The Kier molecular flexibility index (Phi) is 4.22. The summed E-state index contributed by atoms with van der Waals surface area (Å²) >= 11 is 0. The Bertz CT molecular complexity index is 459. The Balaban J connectivity index is 1.90. The molecule has 102 valence electrons. The molecule has 0 radical (unpaired) electrons. The number of likely N-dealkylation sites (tertiary alicyclic amines) is 1. The van der Waals surface area contributed by atoms with Gasteiger partial charge in [-0.05, 0) is 37.6 Å². The van der Waals surface area contributed by atoms with Gasteiger partial charge in [-0.2, -0.15) is 0 Å². The fraction of sp³-hybridized carbons (Fsp3) is 0.400. The van der Waals surface area contributed by atoms with Crippen LogP contribution in [0.15, 0.2) is 30.3 Å². The molecule has 0 bridgehead atoms. The summed E-state index contributed by atoms with van der Waals surface area (Å²) in [6, 6.07) is 7.59. The van der Waals surface area contributed by atoms with Crippen molar-refractivity contribution in [2.75, 3.05) is 13.1 Å². The van der Waals surface area contributed by atoms with Gasteiger partial charge in [-0.3, -0.25) is 4.79 Å². The van der Waals surface area contributed by atoms with E-state index in [1.54, 1.807) is 11.0 Å². The number of aliphatic hydroxyl groups is 1. The number of aliphatic hydroxyl groups excluding tert-OH is 1. The average Bonchev–Trinajstić information content (AvgIpc) is 2.33. The molecule has 0 aromatic heterocycles. The summed E-state index contributed by atoms with van der Waals surface area (Å²) in [6.45, 7) is 4.83. The van der Waals surface area contributed by atoms with Gasteiger partial charge in [0.2, 0.25) is 5.91 Å². The quantitative estimate of drug-likeness (QED) is 0.839. The molecule has 1 heterocycles. The van der Waals surface area contributed by atoms with Gasteiger partial charge in [-0.1, -0.05) is 12.1 Å². The predicted octanol–water partition coefficient (Wildman–Crippen LogP) is 1.69. The van der Waals surface area contributed by atoms with Crippen LogP contribution in [0.5, 0.6) is 5.75 Å². The first-order valence-corrected chi connectivity index (χ1v) is 6.46. The maximum absolute atomic E-state index is 11.7. The SMILES string of the molecule is CC(C)Oc1ccc(/C=C/C(=O)N2CC(O)C2)cc1. The molecule has 1 aromatic rings. The van der Waals surface area contributed by atoms with E-state index in [1.807, 2.05) is 38.1 Å². The first-order valence-electron chi connectivity index (χ1n) is 6.46. The summed E-state index contributed by atoms with van der Waals surface area (Å²) in [6.07, 6.45) is 3.10. The van der Waals surface area contributed by atoms with E-state index in [9.17, 15) is 4.79 Å². The fourth-order valence-electron chi connectivity index (χ4n) is 1.84. The lowest BCUT2D eigenvalue weighted by Gasteiger charge is -2.34. The van der Waals surface area contributed by atoms with E-state index < -0.39 is 0 Å². The Morgan fingerprint density at radius 2 is 2.00 bits per heavy atom. The van der Waals surface area contributed by atoms with Gasteiger partial charge in [-0.25, -0.2) is 0 Å². The van der Waals surface area contributed by atoms with Crippen LogP contribution in [0.2, 0.25) is 0 Å². The van der Waals surface area contributed by atoms with Crippen LogP contribution in [0.4, 0.5) is 0 Å². The van der Waals surface area contributed by atoms with Crippen molar-refractivity contribution in [3.63, 3.8) is 0 Å². The van der Waals surface area contributed by atoms with E-state index in [-0.39, 0.29) is 18.1 Å². The van der Waals surface area contributed by atoms with E-state index in [2.05, 4.69) is 0 Å². The second-order valence-electron chi connectivity index (χ2n) is 4.97. The second kappa shape index (κ2) is 5.89. The third-order valence-corrected chi connectivity index (χ3v) is 2.84. The van der Waals surface area contributed by atoms with Gasteiger partial charge in [0, 0.05) is 19.2 Å². The summed E-state index contributed by atoms with van der Waals surface area (Å²) in [7, 11) is 0. The molecule has 1 amide bonds. The van der Waals surface area contributed by atoms with E-state index in [1.165, 1.54) is 6.08 Å². The first kappa shape index (κ1) is 13.6. The van der Waals surface area contributed by atoms with Crippen LogP contribution in [0.1, 0.15) is 19.4 Å². The Labute approximate surface area is 113 Å². The monoisotopic (exact) mass is 261 g/mol. The van der Waals surface area contributed by atoms with Crippen molar-refractivity contribution in [1.29, 1.82) is 0 Å². The maximum Gasteiger partial charge on any atom is 0.246 e. The van der Waals surface area contributed by atoms with Gasteiger partial charge in [0.25, 0.3) is 0 Å². The minimum Gasteiger partial charge on any atom is -0.491 e. The van der Waals surface area contributed by atoms with Crippen LogP contribution in [0.3, 0.4) is 0 Å². The van der Waals surface area contributed by atoms with Gasteiger partial charge >= 0.3 is 0 Å². The zero-order valence-electron chi connectivity index (χ0n) is 11.2. The maximum atomic E-state index is 11.7. The normalized spacial score (nSPS) is 15.9. The number of hydrogen-bond acceptors (Lipinski definition) is 3. The minimum atomic E-state index is -0.357. The first-order chi connectivity index (χ1) is 9.04. The highest BCUT2D eigenvalue weighted by molar-refractivity contribution is 5.92. The zero-order valence-corrected chi connectivity index (χ0v) is 11.2. The Hall–Kier alpha value is -1.81. The highest BCUT2D eigenvalue weighted by Crippen LogP contribution is 2.15. The smallest absolute Gasteiger partial charge is 0.246 e. The molecule has 1 aliphatic heterocycles. The Morgan fingerprint density at radius 3 is 2.53 bits per heavy atom. The molecule has 0 atom stereocenters. The third kappa shape index (κ3) is 3.83. The molecule has 1 fully saturated rings. The summed E-state index contributed by atoms with van der Waals surface area (Å²) in [4.78, 5) is 13.3. The van der Waals surface area contributed by atoms with Crippen LogP contribution in [0.25, 0.3) is 6.08 Å². The molecule has 1 aliphatic rings. The lowest BCUT2D eigenvalue weighted by atomic mass is 10.1. The largest absolute Gasteiger partial charge is 0.491 e. The molecule has 1 saturated heterocycles. The van der Waals surface area contributed by atoms with E-state index in [0.717, 1.165) is 11.3 Å². The van der Waals surface area contributed by atoms with Crippen LogP contribution < -0.4 is 4.74 Å². The number of hydrogen-bond donors (Lipinski definition) is 1. The standard InChI is InChI=1S/C15H19NO3/c1-11(2)19-14-6-3-12(4-7-14)5-8-15(18)16-9-13(17)10-16/h3-8,11,13,17H,9-10H2,1-2H3/b8-5+. The molecule has 2 rings (SSSR count). The molecule has 4 nitrogen and oxygen atoms in total. The topological polar surface area (TPSA) is 49.8 Å². The number of benzene rings is 1. The average molecular weight is 261 g/mol. The highest BCUT2D eigenvalue weighted by atomic mass is 16.5. The van der Waals surface area contributed by atoms with E-state index >= 15 is 0 Å². The molecule has 0 saturated carbocycles. The zero-order chi connectivity index (χ0) is 13.8. The van der Waals surface area contributed by atoms with Gasteiger partial charge in [0.1, 0.15) is 5.75 Å². The summed E-state index contributed by atoms with van der Waals surface area (Å²) in [5.74, 6) is 0.761. The number of carbonyl (C=O) groups excluding carboxylic acids is 1. The van der Waals surface area contributed by atoms with Crippen molar-refractivity contribution in [2.45, 2.75) is 26.1 Å². The van der Waals surface area contributed by atoms with Gasteiger partial charge in [-0.15, -0.1) is 0 Å². The Morgan fingerprint density at radius 1 is 1.37 bits per heavy atom. The molecular formula is C15H19NO3. The number of ether oxygens (including phenoxy) is 1. The summed E-state index contributed by atoms with van der Waals surface area (Å²) in [5, 5.41) is 9.12. The van der Waals surface area contributed by atoms with Crippen molar-refractivity contribution in [3.8, 4) is 5.75 Å². The third-order valence-electron chi connectivity index (χ3n) is 2.84. The van der Waals surface area contributed by atoms with Crippen LogP contribution >= 0.6 is 0 Å². The van der Waals surface area contributed by atoms with Crippen molar-refractivity contribution in [2.24, 2.45) is 0 Å². The number of β-amino-alcohol motifs (C(OH)–C–C–N with tert-alkyl or cyclic N) is 1. The van der Waals surface area contributed by atoms with Gasteiger partial charge < -0.3 is 14.7 Å². The van der Waals surface area contributed by atoms with Gasteiger partial charge in [0.05, 0.1) is 12.2 Å². The summed E-state index contributed by atoms with van der Waals surface area (Å²) < 4.78 is 5.54. The van der Waals surface area contributed by atoms with Crippen molar-refractivity contribution >= 4 is 12.0 Å². The molecule has 19 heavy (non-hydrogen) atoms. The van der Waals surface area contributed by atoms with Crippen LogP contribution in [-0.2, 0) is 4.79 Å². The lowest BCUT2D eigenvalue weighted by Crippen LogP contribution is -2.52. The fourth-order valence-corrected chi connectivity index (χ4v) is 1.84. The minimum absolute atomic E-state index is 0.0622. The molecule has 0 spiro atoms. The second-order valence-corrected chi connectivity index (χ2v) is 4.97. The molecule has 0 aliphatic carbocycles. The van der Waals surface area contributed by atoms with Crippen molar-refractivity contribution in [3.05, 3.63) is 35.9 Å².